The van der Waals surface area contributed by atoms with E-state index in [0.29, 0.717) is 0 Å². The molecule has 0 spiro atoms. The van der Waals surface area contributed by atoms with E-state index in [1.54, 1.807) is 0 Å². The molecule has 1 heterocycles. The summed E-state index contributed by atoms with van der Waals surface area (Å²) in [5, 5.41) is 1.51. The van der Waals surface area contributed by atoms with Crippen LogP contribution in [0.15, 0.2) is 36.4 Å². The molecule has 112 valence electrons. The molecule has 1 aliphatic rings. The van der Waals surface area contributed by atoms with Crippen LogP contribution in [0.25, 0.3) is 22.2 Å². The molecule has 0 saturated carbocycles. The van der Waals surface area contributed by atoms with Crippen molar-refractivity contribution in [2.45, 2.75) is 13.3 Å². The van der Waals surface area contributed by atoms with E-state index in [-0.39, 0.29) is 37.2 Å². The molecule has 2 aromatic carbocycles. The van der Waals surface area contributed by atoms with Crippen LogP contribution in [0.5, 0.6) is 0 Å². The number of fused-ring (bicyclic) bond motifs is 5. The normalized spacial score (nSPS) is 11.1. The van der Waals surface area contributed by atoms with Crippen molar-refractivity contribution in [3.05, 3.63) is 53.1 Å². The number of aryl methyl sites for hydroxylation is 2. The van der Waals surface area contributed by atoms with Gasteiger partial charge in [0.1, 0.15) is 0 Å². The third-order valence-corrected chi connectivity index (χ3v) is 5.90. The third kappa shape index (κ3) is 2.59. The first-order chi connectivity index (χ1) is 9.18. The quantitative estimate of drug-likeness (QED) is 0.263. The van der Waals surface area contributed by atoms with Gasteiger partial charge in [-0.05, 0) is 0 Å². The maximum absolute atomic E-state index is 2.38. The molecular formula is C17H14Cl3NZr. The number of halogens is 3. The van der Waals surface area contributed by atoms with Gasteiger partial charge in [-0.1, -0.05) is 0 Å². The van der Waals surface area contributed by atoms with Crippen molar-refractivity contribution in [1.82, 2.24) is 4.57 Å². The van der Waals surface area contributed by atoms with Crippen LogP contribution in [-0.2, 0) is 38.2 Å². The fourth-order valence-electron chi connectivity index (χ4n) is 3.33. The molecule has 3 aromatic rings. The van der Waals surface area contributed by atoms with E-state index in [1.807, 2.05) is 0 Å². The molecule has 1 aliphatic carbocycles. The van der Waals surface area contributed by atoms with E-state index in [2.05, 4.69) is 54.9 Å². The van der Waals surface area contributed by atoms with Crippen molar-refractivity contribution in [2.24, 2.45) is 7.05 Å². The molecular weight excluding hydrogens is 416 g/mol. The van der Waals surface area contributed by atoms with E-state index in [0.717, 1.165) is 6.42 Å². The predicted molar refractivity (Wildman–Crippen MR) is 75.5 cm³/mol. The van der Waals surface area contributed by atoms with E-state index in [9.17, 15) is 0 Å². The van der Waals surface area contributed by atoms with Crippen LogP contribution in [0.4, 0.5) is 0 Å². The first-order valence-electron chi connectivity index (χ1n) is 6.59. The van der Waals surface area contributed by atoms with E-state index >= 15 is 0 Å². The Labute approximate surface area is 164 Å². The Bertz CT molecular complexity index is 840. The molecule has 0 amide bonds. The molecule has 0 aliphatic heterocycles. The van der Waals surface area contributed by atoms with Gasteiger partial charge in [0.15, 0.2) is 0 Å². The SMILES string of the molecule is Cc1ccc2c([c]1[Zr+3])c1c(n2C)-c2ccccc2C1.[Cl-].[Cl-].[Cl-]. The minimum Gasteiger partial charge on any atom is -1.00 e. The van der Waals surface area contributed by atoms with Crippen LogP contribution in [0.3, 0.4) is 0 Å². The van der Waals surface area contributed by atoms with Crippen molar-refractivity contribution in [2.75, 3.05) is 0 Å². The van der Waals surface area contributed by atoms with Gasteiger partial charge in [0.25, 0.3) is 0 Å². The van der Waals surface area contributed by atoms with E-state index in [4.69, 9.17) is 0 Å². The molecule has 1 aromatic heterocycles. The van der Waals surface area contributed by atoms with Crippen LogP contribution in [0.1, 0.15) is 16.7 Å². The summed E-state index contributed by atoms with van der Waals surface area (Å²) < 4.78 is 3.90. The maximum atomic E-state index is 2.38. The van der Waals surface area contributed by atoms with E-state index in [1.165, 1.54) is 66.8 Å². The Morgan fingerprint density at radius 1 is 1.00 bits per heavy atom. The van der Waals surface area contributed by atoms with Gasteiger partial charge in [-0.2, -0.15) is 0 Å². The second-order valence-corrected chi connectivity index (χ2v) is 6.60. The smallest absolute Gasteiger partial charge is 1.00 e. The van der Waals surface area contributed by atoms with Crippen molar-refractivity contribution in [3.8, 4) is 11.3 Å². The first kappa shape index (κ1) is 19.8. The average molecular weight is 430 g/mol. The number of nitrogens with zero attached hydrogens (tertiary/aromatic N) is 1. The molecule has 22 heavy (non-hydrogen) atoms. The number of aromatic nitrogens is 1. The topological polar surface area (TPSA) is 4.93 Å². The van der Waals surface area contributed by atoms with Gasteiger partial charge in [0.05, 0.1) is 0 Å². The largest absolute Gasteiger partial charge is 1.00 e. The minimum atomic E-state index is 0. The molecule has 0 fully saturated rings. The number of rotatable bonds is 0. The standard InChI is InChI=1S/C17H14N.3ClH.Zr/c1-11-7-8-16-14(9-11)15-10-12-5-3-4-6-13(12)17(15)18(16)2;;;;/h3-8H,10H2,1-2H3;3*1H;/q;;;;+3/p-3. The van der Waals surface area contributed by atoms with E-state index < -0.39 is 0 Å². The fourth-order valence-corrected chi connectivity index (χ4v) is 4.22. The Hall–Kier alpha value is -0.267. The zero-order chi connectivity index (χ0) is 13.1. The van der Waals surface area contributed by atoms with Crippen molar-refractivity contribution < 1.29 is 61.9 Å². The molecule has 0 unspecified atom stereocenters. The van der Waals surface area contributed by atoms with Crippen LogP contribution in [0, 0.1) is 6.92 Å². The van der Waals surface area contributed by atoms with Gasteiger partial charge in [0.2, 0.25) is 0 Å². The molecule has 0 saturated heterocycles. The van der Waals surface area contributed by atoms with Crippen LogP contribution in [-0.4, -0.2) is 4.57 Å². The second kappa shape index (κ2) is 7.09. The third-order valence-electron chi connectivity index (χ3n) is 4.32. The number of benzene rings is 2. The molecule has 4 rings (SSSR count). The van der Waals surface area contributed by atoms with Gasteiger partial charge < -0.3 is 37.2 Å². The van der Waals surface area contributed by atoms with Crippen LogP contribution in [0.2, 0.25) is 0 Å². The van der Waals surface area contributed by atoms with Gasteiger partial charge in [-0.25, -0.2) is 0 Å². The Morgan fingerprint density at radius 2 is 1.68 bits per heavy atom. The molecule has 1 nitrogen and oxygen atoms in total. The summed E-state index contributed by atoms with van der Waals surface area (Å²) in [4.78, 5) is 0. The molecule has 0 atom stereocenters. The Kier molecular flexibility index (Phi) is 6.38. The summed E-state index contributed by atoms with van der Waals surface area (Å²) in [6.45, 7) is 2.23. The van der Waals surface area contributed by atoms with Gasteiger partial charge >= 0.3 is 128 Å². The van der Waals surface area contributed by atoms with Gasteiger partial charge in [0, 0.05) is 0 Å². The summed E-state index contributed by atoms with van der Waals surface area (Å²) in [5.74, 6) is 0. The van der Waals surface area contributed by atoms with Crippen LogP contribution >= 0.6 is 0 Å². The minimum absolute atomic E-state index is 0. The zero-order valence-corrected chi connectivity index (χ0v) is 17.0. The summed E-state index contributed by atoms with van der Waals surface area (Å²) in [6.07, 6.45) is 1.09. The van der Waals surface area contributed by atoms with Crippen LogP contribution < -0.4 is 40.5 Å². The molecule has 0 radical (unpaired) electrons. The van der Waals surface area contributed by atoms with Crippen molar-refractivity contribution in [3.63, 3.8) is 0 Å². The Balaban J connectivity index is 0.000000807. The Morgan fingerprint density at radius 3 is 2.41 bits per heavy atom. The number of hydrogen-bond acceptors (Lipinski definition) is 0. The average Bonchev–Trinajstić information content (AvgIpc) is 2.91. The molecule has 0 N–H and O–H groups in total. The summed E-state index contributed by atoms with van der Waals surface area (Å²) in [7, 11) is 2.20. The van der Waals surface area contributed by atoms with Gasteiger partial charge in [-0.3, -0.25) is 0 Å². The molecule has 5 heteroatoms. The van der Waals surface area contributed by atoms with Crippen molar-refractivity contribution in [1.29, 1.82) is 0 Å². The fraction of sp³-hybridized carbons (Fsp3) is 0.176. The van der Waals surface area contributed by atoms with Gasteiger partial charge in [-0.15, -0.1) is 0 Å². The molecule has 0 bridgehead atoms. The van der Waals surface area contributed by atoms with Crippen molar-refractivity contribution >= 4 is 14.2 Å². The summed E-state index contributed by atoms with van der Waals surface area (Å²) >= 11 is 1.52. The summed E-state index contributed by atoms with van der Waals surface area (Å²) in [6, 6.07) is 13.4. The maximum Gasteiger partial charge on any atom is -1.00 e. The monoisotopic (exact) mass is 427 g/mol. The zero-order valence-electron chi connectivity index (χ0n) is 12.3. The number of hydrogen-bond donors (Lipinski definition) is 0. The second-order valence-electron chi connectivity index (χ2n) is 5.37. The first-order valence-corrected chi connectivity index (χ1v) is 7.82. The summed E-state index contributed by atoms with van der Waals surface area (Å²) in [5.41, 5.74) is 8.67. The predicted octanol–water partition coefficient (Wildman–Crippen LogP) is -5.76.